The fourth-order valence-electron chi connectivity index (χ4n) is 4.00. The Morgan fingerprint density at radius 2 is 1.79 bits per heavy atom. The molecule has 0 aromatic heterocycles. The van der Waals surface area contributed by atoms with Gasteiger partial charge in [-0.15, -0.1) is 0 Å². The maximum atomic E-state index is 13.3. The van der Waals surface area contributed by atoms with Crippen LogP contribution in [0.4, 0.5) is 0 Å². The molecule has 2 saturated heterocycles. The van der Waals surface area contributed by atoms with E-state index in [4.69, 9.17) is 9.47 Å². The fourth-order valence-corrected chi connectivity index (χ4v) is 6.20. The van der Waals surface area contributed by atoms with E-state index in [-0.39, 0.29) is 12.1 Å². The molecular weight excluding hydrogens is 374 g/mol. The minimum atomic E-state index is -3.41. The van der Waals surface area contributed by atoms with Crippen LogP contribution in [0.5, 0.6) is 5.75 Å². The Labute approximate surface area is 167 Å². The number of sulfonamides is 1. The molecule has 2 fully saturated rings. The Hall–Kier alpha value is -1.89. The van der Waals surface area contributed by atoms with Gasteiger partial charge in [0.25, 0.3) is 0 Å². The van der Waals surface area contributed by atoms with Crippen molar-refractivity contribution in [2.24, 2.45) is 0 Å². The number of hydrogen-bond donors (Lipinski definition) is 0. The van der Waals surface area contributed by atoms with Gasteiger partial charge in [0.05, 0.1) is 13.2 Å². The second-order valence-electron chi connectivity index (χ2n) is 7.66. The first-order chi connectivity index (χ1) is 13.5. The first-order valence-electron chi connectivity index (χ1n) is 9.93. The van der Waals surface area contributed by atoms with Crippen LogP contribution in [-0.4, -0.2) is 38.1 Å². The van der Waals surface area contributed by atoms with Gasteiger partial charge >= 0.3 is 0 Å². The number of nitrogens with zero attached hydrogens (tertiary/aromatic N) is 1. The van der Waals surface area contributed by atoms with Crippen LogP contribution in [0.1, 0.15) is 42.6 Å². The van der Waals surface area contributed by atoms with Gasteiger partial charge in [-0.25, -0.2) is 8.42 Å². The Balaban J connectivity index is 1.49. The van der Waals surface area contributed by atoms with Gasteiger partial charge < -0.3 is 9.47 Å². The molecule has 5 nitrogen and oxygen atoms in total. The molecule has 150 valence electrons. The second kappa shape index (κ2) is 8.23. The van der Waals surface area contributed by atoms with Crippen molar-refractivity contribution < 1.29 is 17.9 Å². The molecule has 3 atom stereocenters. The SMILES string of the molecule is C[C@H]1CCC(c2ccccc2)S(=O)(=O)N1Cc1ccc(OC2CCOC2)cc1. The molecule has 0 N–H and O–H groups in total. The fraction of sp³-hybridized carbons (Fsp3) is 0.455. The van der Waals surface area contributed by atoms with Gasteiger partial charge in [-0.3, -0.25) is 0 Å². The van der Waals surface area contributed by atoms with E-state index in [9.17, 15) is 8.42 Å². The third-order valence-corrected chi connectivity index (χ3v) is 8.02. The molecule has 0 spiro atoms. The highest BCUT2D eigenvalue weighted by atomic mass is 32.2. The minimum absolute atomic E-state index is 0.00322. The molecule has 0 saturated carbocycles. The largest absolute Gasteiger partial charge is 0.488 e. The lowest BCUT2D eigenvalue weighted by atomic mass is 10.0. The summed E-state index contributed by atoms with van der Waals surface area (Å²) in [7, 11) is -3.41. The van der Waals surface area contributed by atoms with Gasteiger partial charge in [0.1, 0.15) is 17.1 Å². The molecule has 0 amide bonds. The zero-order valence-corrected chi connectivity index (χ0v) is 17.0. The quantitative estimate of drug-likeness (QED) is 0.762. The zero-order chi connectivity index (χ0) is 19.6. The second-order valence-corrected chi connectivity index (χ2v) is 9.73. The van der Waals surface area contributed by atoms with E-state index < -0.39 is 15.3 Å². The van der Waals surface area contributed by atoms with E-state index in [0.717, 1.165) is 36.3 Å². The van der Waals surface area contributed by atoms with Crippen LogP contribution in [0.25, 0.3) is 0 Å². The molecule has 2 unspecified atom stereocenters. The lowest BCUT2D eigenvalue weighted by Gasteiger charge is -2.37. The monoisotopic (exact) mass is 401 g/mol. The molecule has 2 aromatic carbocycles. The third-order valence-electron chi connectivity index (χ3n) is 5.65. The van der Waals surface area contributed by atoms with Crippen molar-refractivity contribution in [3.05, 3.63) is 65.7 Å². The topological polar surface area (TPSA) is 55.8 Å². The predicted octanol–water partition coefficient (Wildman–Crippen LogP) is 3.91. The molecule has 0 radical (unpaired) electrons. The van der Waals surface area contributed by atoms with Gasteiger partial charge in [-0.1, -0.05) is 42.5 Å². The lowest BCUT2D eigenvalue weighted by Crippen LogP contribution is -2.44. The number of rotatable bonds is 5. The highest BCUT2D eigenvalue weighted by Crippen LogP contribution is 2.38. The van der Waals surface area contributed by atoms with E-state index in [2.05, 4.69) is 0 Å². The Morgan fingerprint density at radius 1 is 1.04 bits per heavy atom. The molecule has 2 aliphatic rings. The average molecular weight is 402 g/mol. The summed E-state index contributed by atoms with van der Waals surface area (Å²) in [5.74, 6) is 0.802. The number of benzene rings is 2. The smallest absolute Gasteiger partial charge is 0.221 e. The van der Waals surface area contributed by atoms with Crippen LogP contribution in [0.3, 0.4) is 0 Å². The third kappa shape index (κ3) is 4.09. The lowest BCUT2D eigenvalue weighted by molar-refractivity contribution is 0.141. The summed E-state index contributed by atoms with van der Waals surface area (Å²) < 4.78 is 39.5. The van der Waals surface area contributed by atoms with Crippen molar-refractivity contribution in [2.45, 2.75) is 50.1 Å². The molecule has 2 aromatic rings. The van der Waals surface area contributed by atoms with Crippen molar-refractivity contribution >= 4 is 10.0 Å². The van der Waals surface area contributed by atoms with Crippen molar-refractivity contribution in [3.63, 3.8) is 0 Å². The van der Waals surface area contributed by atoms with Crippen LogP contribution in [0.15, 0.2) is 54.6 Å². The zero-order valence-electron chi connectivity index (χ0n) is 16.2. The van der Waals surface area contributed by atoms with Gasteiger partial charge in [0.15, 0.2) is 0 Å². The van der Waals surface area contributed by atoms with Crippen LogP contribution < -0.4 is 4.74 Å². The predicted molar refractivity (Wildman–Crippen MR) is 109 cm³/mol. The van der Waals surface area contributed by atoms with Crippen LogP contribution >= 0.6 is 0 Å². The molecule has 0 bridgehead atoms. The molecular formula is C22H27NO4S. The van der Waals surface area contributed by atoms with E-state index in [1.54, 1.807) is 4.31 Å². The van der Waals surface area contributed by atoms with Gasteiger partial charge in [-0.2, -0.15) is 4.31 Å². The highest BCUT2D eigenvalue weighted by molar-refractivity contribution is 7.89. The van der Waals surface area contributed by atoms with Crippen LogP contribution in [0, 0.1) is 0 Å². The van der Waals surface area contributed by atoms with Gasteiger partial charge in [0, 0.05) is 19.0 Å². The summed E-state index contributed by atoms with van der Waals surface area (Å²) in [6.45, 7) is 3.76. The normalized spacial score (nSPS) is 27.5. The Kier molecular flexibility index (Phi) is 5.71. The summed E-state index contributed by atoms with van der Waals surface area (Å²) in [6, 6.07) is 17.3. The van der Waals surface area contributed by atoms with Crippen molar-refractivity contribution in [3.8, 4) is 5.75 Å². The Morgan fingerprint density at radius 3 is 2.46 bits per heavy atom. The van der Waals surface area contributed by atoms with E-state index in [1.165, 1.54) is 0 Å². The molecule has 28 heavy (non-hydrogen) atoms. The summed E-state index contributed by atoms with van der Waals surface area (Å²) in [4.78, 5) is 0. The molecule has 4 rings (SSSR count). The maximum Gasteiger partial charge on any atom is 0.221 e. The highest BCUT2D eigenvalue weighted by Gasteiger charge is 2.40. The minimum Gasteiger partial charge on any atom is -0.488 e. The summed E-state index contributed by atoms with van der Waals surface area (Å²) in [5, 5.41) is -0.463. The van der Waals surface area contributed by atoms with E-state index in [1.807, 2.05) is 61.5 Å². The van der Waals surface area contributed by atoms with E-state index in [0.29, 0.717) is 19.6 Å². The van der Waals surface area contributed by atoms with Crippen molar-refractivity contribution in [1.29, 1.82) is 0 Å². The van der Waals surface area contributed by atoms with Crippen molar-refractivity contribution in [1.82, 2.24) is 4.31 Å². The van der Waals surface area contributed by atoms with Crippen LogP contribution in [0.2, 0.25) is 0 Å². The first kappa shape index (κ1) is 19.4. The number of hydrogen-bond acceptors (Lipinski definition) is 4. The number of ether oxygens (including phenoxy) is 2. The van der Waals surface area contributed by atoms with Gasteiger partial charge in [0.2, 0.25) is 10.0 Å². The molecule has 6 heteroatoms. The van der Waals surface area contributed by atoms with E-state index >= 15 is 0 Å². The standard InChI is InChI=1S/C22H27NO4S/c1-17-7-12-22(19-5-3-2-4-6-19)28(24,25)23(17)15-18-8-10-20(11-9-18)27-21-13-14-26-16-21/h2-6,8-11,17,21-22H,7,12-16H2,1H3/t17-,21?,22?/m0/s1. The Bertz CT molecular complexity index is 877. The first-order valence-corrected chi connectivity index (χ1v) is 11.4. The summed E-state index contributed by atoms with van der Waals surface area (Å²) in [6.07, 6.45) is 2.55. The van der Waals surface area contributed by atoms with Crippen LogP contribution in [-0.2, 0) is 21.3 Å². The molecule has 2 aliphatic heterocycles. The summed E-state index contributed by atoms with van der Waals surface area (Å²) in [5.41, 5.74) is 1.85. The summed E-state index contributed by atoms with van der Waals surface area (Å²) >= 11 is 0. The van der Waals surface area contributed by atoms with Gasteiger partial charge in [-0.05, 0) is 43.0 Å². The average Bonchev–Trinajstić information content (AvgIpc) is 3.20. The maximum absolute atomic E-state index is 13.3. The van der Waals surface area contributed by atoms with Crippen molar-refractivity contribution in [2.75, 3.05) is 13.2 Å². The molecule has 0 aliphatic carbocycles. The molecule has 2 heterocycles.